The quantitative estimate of drug-likeness (QED) is 0.549. The first-order chi connectivity index (χ1) is 3.68. The van der Waals surface area contributed by atoms with Gasteiger partial charge in [0.05, 0.1) is 13.7 Å². The van der Waals surface area contributed by atoms with Crippen LogP contribution in [0.2, 0.25) is 0 Å². The summed E-state index contributed by atoms with van der Waals surface area (Å²) in [7, 11) is 3.16. The number of carbonyl (C=O) groups excluding carboxylic acids is 1. The van der Waals surface area contributed by atoms with E-state index in [1.807, 2.05) is 6.92 Å². The second-order valence-electron chi connectivity index (χ2n) is 1.88. The number of ether oxygens (including phenoxy) is 1. The average molecular weight is 115 g/mol. The summed E-state index contributed by atoms with van der Waals surface area (Å²) >= 11 is 0. The largest absolute Gasteiger partial charge is 0.378 e. The Morgan fingerprint density at radius 1 is 1.88 bits per heavy atom. The summed E-state index contributed by atoms with van der Waals surface area (Å²) in [6.07, 6.45) is 0. The SMILES string of the molecule is [CH2]OCC(C)C(C)=O. The summed E-state index contributed by atoms with van der Waals surface area (Å²) in [5, 5.41) is 0. The Labute approximate surface area is 49.8 Å². The van der Waals surface area contributed by atoms with Gasteiger partial charge in [-0.25, -0.2) is 0 Å². The second-order valence-corrected chi connectivity index (χ2v) is 1.88. The molecule has 2 heteroatoms. The molecule has 0 bridgehead atoms. The highest BCUT2D eigenvalue weighted by atomic mass is 16.5. The Hall–Kier alpha value is -0.370. The molecule has 0 amide bonds. The molecule has 1 atom stereocenters. The first-order valence-corrected chi connectivity index (χ1v) is 2.56. The fraction of sp³-hybridized carbons (Fsp3) is 0.667. The third-order valence-corrected chi connectivity index (χ3v) is 1.06. The Morgan fingerprint density at radius 3 is 2.50 bits per heavy atom. The van der Waals surface area contributed by atoms with Crippen LogP contribution < -0.4 is 0 Å². The Balaban J connectivity index is 3.32. The molecule has 1 radical (unpaired) electrons. The molecular weight excluding hydrogens is 104 g/mol. The van der Waals surface area contributed by atoms with E-state index in [9.17, 15) is 4.79 Å². The first kappa shape index (κ1) is 7.63. The molecule has 47 valence electrons. The van der Waals surface area contributed by atoms with Crippen LogP contribution >= 0.6 is 0 Å². The zero-order valence-corrected chi connectivity index (χ0v) is 5.31. The highest BCUT2D eigenvalue weighted by Gasteiger charge is 2.04. The smallest absolute Gasteiger partial charge is 0.134 e. The molecule has 0 aliphatic heterocycles. The van der Waals surface area contributed by atoms with Crippen molar-refractivity contribution in [2.45, 2.75) is 13.8 Å². The van der Waals surface area contributed by atoms with Gasteiger partial charge >= 0.3 is 0 Å². The van der Waals surface area contributed by atoms with E-state index in [0.29, 0.717) is 6.61 Å². The van der Waals surface area contributed by atoms with Gasteiger partial charge < -0.3 is 4.74 Å². The van der Waals surface area contributed by atoms with E-state index >= 15 is 0 Å². The van der Waals surface area contributed by atoms with Crippen molar-refractivity contribution in [2.75, 3.05) is 6.61 Å². The number of carbonyl (C=O) groups is 1. The Morgan fingerprint density at radius 2 is 2.38 bits per heavy atom. The van der Waals surface area contributed by atoms with Crippen molar-refractivity contribution in [2.24, 2.45) is 5.92 Å². The first-order valence-electron chi connectivity index (χ1n) is 2.56. The molecule has 0 heterocycles. The maximum atomic E-state index is 10.4. The summed E-state index contributed by atoms with van der Waals surface area (Å²) in [6.45, 7) is 3.78. The van der Waals surface area contributed by atoms with Crippen LogP contribution in [0, 0.1) is 13.0 Å². The van der Waals surface area contributed by atoms with E-state index in [0.717, 1.165) is 0 Å². The van der Waals surface area contributed by atoms with Gasteiger partial charge in [-0.05, 0) is 6.92 Å². The number of ketones is 1. The average Bonchev–Trinajstić information content (AvgIpc) is 1.67. The van der Waals surface area contributed by atoms with Gasteiger partial charge in [0.2, 0.25) is 0 Å². The molecule has 0 aliphatic carbocycles. The van der Waals surface area contributed by atoms with Gasteiger partial charge in [-0.1, -0.05) is 6.92 Å². The van der Waals surface area contributed by atoms with Gasteiger partial charge in [-0.3, -0.25) is 4.79 Å². The molecule has 0 saturated heterocycles. The van der Waals surface area contributed by atoms with Crippen LogP contribution in [0.15, 0.2) is 0 Å². The van der Waals surface area contributed by atoms with E-state index in [1.165, 1.54) is 0 Å². The second kappa shape index (κ2) is 3.61. The lowest BCUT2D eigenvalue weighted by Crippen LogP contribution is -2.11. The van der Waals surface area contributed by atoms with E-state index < -0.39 is 0 Å². The van der Waals surface area contributed by atoms with Crippen LogP contribution in [0.25, 0.3) is 0 Å². The zero-order valence-electron chi connectivity index (χ0n) is 5.31. The minimum Gasteiger partial charge on any atom is -0.378 e. The fourth-order valence-electron chi connectivity index (χ4n) is 0.294. The van der Waals surface area contributed by atoms with Crippen molar-refractivity contribution in [3.63, 3.8) is 0 Å². The van der Waals surface area contributed by atoms with Crippen LogP contribution in [0.1, 0.15) is 13.8 Å². The van der Waals surface area contributed by atoms with Gasteiger partial charge in [0.1, 0.15) is 5.78 Å². The normalized spacial score (nSPS) is 13.4. The number of hydrogen-bond acceptors (Lipinski definition) is 2. The summed E-state index contributed by atoms with van der Waals surface area (Å²) in [5.74, 6) is 0.140. The van der Waals surface area contributed by atoms with Gasteiger partial charge in [0.15, 0.2) is 0 Å². The lowest BCUT2D eigenvalue weighted by atomic mass is 10.1. The van der Waals surface area contributed by atoms with Gasteiger partial charge in [-0.2, -0.15) is 0 Å². The molecule has 1 unspecified atom stereocenters. The van der Waals surface area contributed by atoms with Crippen molar-refractivity contribution in [3.8, 4) is 0 Å². The Bertz CT molecular complexity index is 78.6. The molecule has 0 rings (SSSR count). The molecule has 8 heavy (non-hydrogen) atoms. The lowest BCUT2D eigenvalue weighted by molar-refractivity contribution is -0.121. The molecule has 0 N–H and O–H groups in total. The standard InChI is InChI=1S/C6H11O2/c1-5(4-8-3)6(2)7/h5H,3-4H2,1-2H3. The topological polar surface area (TPSA) is 26.3 Å². The Kier molecular flexibility index (Phi) is 3.44. The molecule has 2 nitrogen and oxygen atoms in total. The van der Waals surface area contributed by atoms with Crippen LogP contribution in [0.5, 0.6) is 0 Å². The third kappa shape index (κ3) is 2.75. The highest BCUT2D eigenvalue weighted by Crippen LogP contribution is 1.94. The van der Waals surface area contributed by atoms with Crippen molar-refractivity contribution < 1.29 is 9.53 Å². The summed E-state index contributed by atoms with van der Waals surface area (Å²) in [4.78, 5) is 10.4. The molecule has 0 aromatic heterocycles. The van der Waals surface area contributed by atoms with E-state index in [1.54, 1.807) is 6.92 Å². The van der Waals surface area contributed by atoms with Crippen LogP contribution in [0.3, 0.4) is 0 Å². The minimum atomic E-state index is -0.00694. The predicted octanol–water partition coefficient (Wildman–Crippen LogP) is 1.02. The lowest BCUT2D eigenvalue weighted by Gasteiger charge is -2.02. The maximum absolute atomic E-state index is 10.4. The highest BCUT2D eigenvalue weighted by molar-refractivity contribution is 5.77. The van der Waals surface area contributed by atoms with Crippen molar-refractivity contribution in [3.05, 3.63) is 7.11 Å². The van der Waals surface area contributed by atoms with E-state index in [4.69, 9.17) is 0 Å². The van der Waals surface area contributed by atoms with Gasteiger partial charge in [-0.15, -0.1) is 0 Å². The monoisotopic (exact) mass is 115 g/mol. The van der Waals surface area contributed by atoms with Crippen molar-refractivity contribution in [1.82, 2.24) is 0 Å². The fourth-order valence-corrected chi connectivity index (χ4v) is 0.294. The van der Waals surface area contributed by atoms with Crippen LogP contribution in [0.4, 0.5) is 0 Å². The zero-order chi connectivity index (χ0) is 6.57. The predicted molar refractivity (Wildman–Crippen MR) is 31.2 cm³/mol. The van der Waals surface area contributed by atoms with Crippen molar-refractivity contribution >= 4 is 5.78 Å². The number of rotatable bonds is 3. The van der Waals surface area contributed by atoms with E-state index in [-0.39, 0.29) is 11.7 Å². The van der Waals surface area contributed by atoms with Gasteiger partial charge in [0, 0.05) is 5.92 Å². The number of hydrogen-bond donors (Lipinski definition) is 0. The molecular formula is C6H11O2. The van der Waals surface area contributed by atoms with Crippen LogP contribution in [-0.4, -0.2) is 12.4 Å². The summed E-state index contributed by atoms with van der Waals surface area (Å²) in [6, 6.07) is 0. The molecule has 0 spiro atoms. The minimum absolute atomic E-state index is 0.00694. The molecule has 0 saturated carbocycles. The molecule has 0 aliphatic rings. The molecule has 0 aromatic carbocycles. The van der Waals surface area contributed by atoms with E-state index in [2.05, 4.69) is 11.8 Å². The van der Waals surface area contributed by atoms with Crippen LogP contribution in [-0.2, 0) is 9.53 Å². The summed E-state index contributed by atoms with van der Waals surface area (Å²) < 4.78 is 4.49. The molecule has 0 fully saturated rings. The third-order valence-electron chi connectivity index (χ3n) is 1.06. The van der Waals surface area contributed by atoms with Gasteiger partial charge in [0.25, 0.3) is 0 Å². The van der Waals surface area contributed by atoms with Crippen molar-refractivity contribution in [1.29, 1.82) is 0 Å². The maximum Gasteiger partial charge on any atom is 0.134 e. The molecule has 0 aromatic rings. The summed E-state index contributed by atoms with van der Waals surface area (Å²) in [5.41, 5.74) is 0. The number of Topliss-reactive ketones (excluding diaryl/α,β-unsaturated/α-hetero) is 1.